The normalized spacial score (nSPS) is 15.5. The largest absolute Gasteiger partial charge is 0.279 e. The van der Waals surface area contributed by atoms with Crippen LogP contribution in [0.5, 0.6) is 0 Å². The molecule has 1 aliphatic heterocycles. The molecule has 0 aliphatic carbocycles. The molecule has 6 nitrogen and oxygen atoms in total. The Kier molecular flexibility index (Phi) is 4.22. The molecule has 0 bridgehead atoms. The van der Waals surface area contributed by atoms with Gasteiger partial charge in [-0.15, -0.1) is 0 Å². The summed E-state index contributed by atoms with van der Waals surface area (Å²) in [4.78, 5) is 6.81. The smallest absolute Gasteiger partial charge is 0.234 e. The van der Waals surface area contributed by atoms with Gasteiger partial charge in [0.1, 0.15) is 5.82 Å². The van der Waals surface area contributed by atoms with Gasteiger partial charge < -0.3 is 0 Å². The van der Waals surface area contributed by atoms with Crippen LogP contribution in [0.1, 0.15) is 22.3 Å². The van der Waals surface area contributed by atoms with Gasteiger partial charge in [-0.2, -0.15) is 10.1 Å². The molecule has 0 saturated heterocycles. The molecule has 3 aromatic carbocycles. The van der Waals surface area contributed by atoms with Gasteiger partial charge in [0.15, 0.2) is 5.37 Å². The van der Waals surface area contributed by atoms with Crippen LogP contribution >= 0.6 is 0 Å². The number of rotatable bonds is 3. The van der Waals surface area contributed by atoms with Crippen molar-refractivity contribution in [1.82, 2.24) is 14.8 Å². The van der Waals surface area contributed by atoms with Gasteiger partial charge in [-0.25, -0.2) is 13.1 Å². The van der Waals surface area contributed by atoms with Gasteiger partial charge in [0.05, 0.1) is 10.6 Å². The molecule has 0 saturated carbocycles. The molecule has 1 aromatic heterocycles. The van der Waals surface area contributed by atoms with Crippen molar-refractivity contribution in [3.8, 4) is 0 Å². The molecular weight excluding hydrogens is 396 g/mol. The predicted molar refractivity (Wildman–Crippen MR) is 116 cm³/mol. The van der Waals surface area contributed by atoms with Gasteiger partial charge in [-0.3, -0.25) is 4.90 Å². The summed E-state index contributed by atoms with van der Waals surface area (Å²) in [6, 6.07) is 24.2. The van der Waals surface area contributed by atoms with E-state index in [4.69, 9.17) is 0 Å². The van der Waals surface area contributed by atoms with Crippen molar-refractivity contribution < 1.29 is 8.42 Å². The maximum absolute atomic E-state index is 13.8. The number of nitrogens with zero attached hydrogens (tertiary/aromatic N) is 4. The van der Waals surface area contributed by atoms with Gasteiger partial charge in [0, 0.05) is 11.3 Å². The SMILES string of the molecule is Cc1ccc(S(=O)(=O)C2c3ccccc3N(c3ccccc3)c3nc(C)nn32)cc1. The fraction of sp³-hybridized carbons (Fsp3) is 0.130. The summed E-state index contributed by atoms with van der Waals surface area (Å²) in [5.41, 5.74) is 3.35. The number of hydrogen-bond donors (Lipinski definition) is 0. The zero-order valence-electron chi connectivity index (χ0n) is 16.6. The van der Waals surface area contributed by atoms with Crippen molar-refractivity contribution in [3.05, 3.63) is 95.8 Å². The molecule has 5 rings (SSSR count). The highest BCUT2D eigenvalue weighted by Gasteiger charge is 2.41. The Morgan fingerprint density at radius 2 is 1.50 bits per heavy atom. The number of hydrogen-bond acceptors (Lipinski definition) is 5. The molecule has 1 atom stereocenters. The van der Waals surface area contributed by atoms with Crippen molar-refractivity contribution in [2.45, 2.75) is 24.1 Å². The van der Waals surface area contributed by atoms with Gasteiger partial charge in [-0.05, 0) is 44.2 Å². The van der Waals surface area contributed by atoms with Gasteiger partial charge in [-0.1, -0.05) is 54.1 Å². The molecule has 4 aromatic rings. The first-order valence-corrected chi connectivity index (χ1v) is 11.2. The lowest BCUT2D eigenvalue weighted by Crippen LogP contribution is -2.32. The minimum Gasteiger partial charge on any atom is -0.279 e. The van der Waals surface area contributed by atoms with E-state index in [0.29, 0.717) is 17.3 Å². The number of benzene rings is 3. The minimum absolute atomic E-state index is 0.264. The van der Waals surface area contributed by atoms with Crippen molar-refractivity contribution in [2.75, 3.05) is 4.90 Å². The number of sulfone groups is 1. The molecule has 0 amide bonds. The summed E-state index contributed by atoms with van der Waals surface area (Å²) in [6.07, 6.45) is 0. The van der Waals surface area contributed by atoms with E-state index in [0.717, 1.165) is 16.9 Å². The van der Waals surface area contributed by atoms with Crippen LogP contribution in [0.15, 0.2) is 83.8 Å². The summed E-state index contributed by atoms with van der Waals surface area (Å²) >= 11 is 0. The first-order valence-electron chi connectivity index (χ1n) is 9.64. The average Bonchev–Trinajstić information content (AvgIpc) is 3.12. The van der Waals surface area contributed by atoms with E-state index in [2.05, 4.69) is 10.1 Å². The van der Waals surface area contributed by atoms with E-state index in [1.807, 2.05) is 78.6 Å². The summed E-state index contributed by atoms with van der Waals surface area (Å²) in [7, 11) is -3.76. The summed E-state index contributed by atoms with van der Waals surface area (Å²) in [5.74, 6) is 1.00. The van der Waals surface area contributed by atoms with E-state index < -0.39 is 15.2 Å². The third kappa shape index (κ3) is 2.81. The van der Waals surface area contributed by atoms with E-state index >= 15 is 0 Å². The van der Waals surface area contributed by atoms with E-state index in [9.17, 15) is 8.42 Å². The first-order chi connectivity index (χ1) is 14.5. The highest BCUT2D eigenvalue weighted by Crippen LogP contribution is 2.47. The van der Waals surface area contributed by atoms with Gasteiger partial charge >= 0.3 is 0 Å². The number of aromatic nitrogens is 3. The van der Waals surface area contributed by atoms with Crippen LogP contribution in [-0.2, 0) is 9.84 Å². The maximum Gasteiger partial charge on any atom is 0.234 e. The summed E-state index contributed by atoms with van der Waals surface area (Å²) in [5, 5.41) is 3.51. The van der Waals surface area contributed by atoms with E-state index in [-0.39, 0.29) is 4.90 Å². The Morgan fingerprint density at radius 1 is 0.833 bits per heavy atom. The molecule has 7 heteroatoms. The van der Waals surface area contributed by atoms with E-state index in [1.165, 1.54) is 4.68 Å². The highest BCUT2D eigenvalue weighted by atomic mass is 32.2. The number of para-hydroxylation sites is 2. The molecule has 1 aliphatic rings. The zero-order valence-corrected chi connectivity index (χ0v) is 17.4. The van der Waals surface area contributed by atoms with Crippen molar-refractivity contribution in [1.29, 1.82) is 0 Å². The lowest BCUT2D eigenvalue weighted by atomic mass is 10.1. The third-order valence-electron chi connectivity index (χ3n) is 5.24. The van der Waals surface area contributed by atoms with Gasteiger partial charge in [0.2, 0.25) is 15.8 Å². The van der Waals surface area contributed by atoms with E-state index in [1.54, 1.807) is 19.1 Å². The molecule has 150 valence electrons. The molecule has 1 unspecified atom stereocenters. The monoisotopic (exact) mass is 416 g/mol. The summed E-state index contributed by atoms with van der Waals surface area (Å²) < 4.78 is 29.1. The summed E-state index contributed by atoms with van der Waals surface area (Å²) in [6.45, 7) is 3.71. The lowest BCUT2D eigenvalue weighted by molar-refractivity contribution is 0.546. The molecule has 2 heterocycles. The lowest BCUT2D eigenvalue weighted by Gasteiger charge is -2.34. The molecule has 0 spiro atoms. The number of aryl methyl sites for hydroxylation is 2. The van der Waals surface area contributed by atoms with Crippen molar-refractivity contribution in [2.24, 2.45) is 0 Å². The molecule has 0 fully saturated rings. The first kappa shape index (κ1) is 18.6. The Hall–Kier alpha value is -3.45. The zero-order chi connectivity index (χ0) is 20.9. The van der Waals surface area contributed by atoms with Crippen LogP contribution in [-0.4, -0.2) is 23.2 Å². The average molecular weight is 417 g/mol. The molecule has 0 radical (unpaired) electrons. The molecular formula is C23H20N4O2S. The quantitative estimate of drug-likeness (QED) is 0.484. The Bertz CT molecular complexity index is 1330. The number of fused-ring (bicyclic) bond motifs is 2. The Balaban J connectivity index is 1.78. The fourth-order valence-electron chi connectivity index (χ4n) is 3.86. The van der Waals surface area contributed by atoms with Crippen molar-refractivity contribution >= 4 is 27.2 Å². The van der Waals surface area contributed by atoms with Crippen LogP contribution in [0, 0.1) is 13.8 Å². The Labute approximate surface area is 175 Å². The van der Waals surface area contributed by atoms with Gasteiger partial charge in [0.25, 0.3) is 0 Å². The maximum atomic E-state index is 13.8. The fourth-order valence-corrected chi connectivity index (χ4v) is 5.57. The second-order valence-corrected chi connectivity index (χ2v) is 9.35. The topological polar surface area (TPSA) is 68.1 Å². The van der Waals surface area contributed by atoms with Crippen LogP contribution < -0.4 is 4.90 Å². The highest BCUT2D eigenvalue weighted by molar-refractivity contribution is 7.91. The minimum atomic E-state index is -3.76. The van der Waals surface area contributed by atoms with Crippen molar-refractivity contribution in [3.63, 3.8) is 0 Å². The molecule has 0 N–H and O–H groups in total. The number of anilines is 3. The predicted octanol–water partition coefficient (Wildman–Crippen LogP) is 4.70. The third-order valence-corrected chi connectivity index (χ3v) is 7.21. The van der Waals surface area contributed by atoms with Crippen LogP contribution in [0.25, 0.3) is 0 Å². The standard InChI is InChI=1S/C23H20N4O2S/c1-16-12-14-19(15-13-16)30(28,29)22-20-10-6-7-11-21(20)26(18-8-4-3-5-9-18)23-24-17(2)25-27(22)23/h3-15,22H,1-2H3. The van der Waals surface area contributed by atoms with Crippen LogP contribution in [0.2, 0.25) is 0 Å². The van der Waals surface area contributed by atoms with Crippen LogP contribution in [0.3, 0.4) is 0 Å². The Morgan fingerprint density at radius 3 is 2.23 bits per heavy atom. The second kappa shape index (κ2) is 6.81. The second-order valence-electron chi connectivity index (χ2n) is 7.34. The van der Waals surface area contributed by atoms with Crippen LogP contribution in [0.4, 0.5) is 17.3 Å². The molecule has 30 heavy (non-hydrogen) atoms.